The molecular weight excluding hydrogens is 333 g/mol. The maximum atomic E-state index is 13.1. The average Bonchev–Trinajstić information content (AvgIpc) is 3.31. The van der Waals surface area contributed by atoms with Crippen LogP contribution in [0.2, 0.25) is 0 Å². The van der Waals surface area contributed by atoms with Gasteiger partial charge in [-0.3, -0.25) is 4.79 Å². The Morgan fingerprint density at radius 1 is 1.12 bits per heavy atom. The lowest BCUT2D eigenvalue weighted by atomic mass is 9.98. The summed E-state index contributed by atoms with van der Waals surface area (Å²) in [5.74, 6) is 0.553. The summed E-state index contributed by atoms with van der Waals surface area (Å²) in [5, 5.41) is 11.9. The molecule has 0 N–H and O–H groups in total. The summed E-state index contributed by atoms with van der Waals surface area (Å²) >= 11 is 0. The number of carbonyl (C=O) groups excluding carboxylic acids is 1. The Kier molecular flexibility index (Phi) is 4.20. The zero-order valence-electron chi connectivity index (χ0n) is 14.3. The Labute approximate surface area is 150 Å². The van der Waals surface area contributed by atoms with Gasteiger partial charge < -0.3 is 4.90 Å². The van der Waals surface area contributed by atoms with Gasteiger partial charge in [-0.05, 0) is 41.5 Å². The van der Waals surface area contributed by atoms with Crippen molar-refractivity contribution in [2.45, 2.75) is 12.3 Å². The Morgan fingerprint density at radius 3 is 2.50 bits per heavy atom. The molecule has 132 valence electrons. The SMILES string of the molecule is Cn1nnc(-c2ccc(C(=O)N3CCC(c4ccc(F)cc4)C3)cc2)n1. The van der Waals surface area contributed by atoms with Gasteiger partial charge in [-0.1, -0.05) is 24.3 Å². The quantitative estimate of drug-likeness (QED) is 0.728. The summed E-state index contributed by atoms with van der Waals surface area (Å²) < 4.78 is 13.1. The number of benzene rings is 2. The first kappa shape index (κ1) is 16.4. The van der Waals surface area contributed by atoms with E-state index in [1.54, 1.807) is 31.3 Å². The third kappa shape index (κ3) is 3.20. The molecule has 1 aromatic heterocycles. The van der Waals surface area contributed by atoms with Gasteiger partial charge in [-0.25, -0.2) is 4.39 Å². The normalized spacial score (nSPS) is 16.8. The second kappa shape index (κ2) is 6.67. The predicted molar refractivity (Wildman–Crippen MR) is 93.9 cm³/mol. The molecule has 0 bridgehead atoms. The number of amides is 1. The van der Waals surface area contributed by atoms with E-state index in [1.807, 2.05) is 17.0 Å². The highest BCUT2D eigenvalue weighted by atomic mass is 19.1. The van der Waals surface area contributed by atoms with Gasteiger partial charge in [0.05, 0.1) is 7.05 Å². The van der Waals surface area contributed by atoms with Crippen molar-refractivity contribution in [1.82, 2.24) is 25.1 Å². The standard InChI is InChI=1S/C19H18FN5O/c1-24-22-18(21-23-24)14-2-4-15(5-3-14)19(26)25-11-10-16(12-25)13-6-8-17(20)9-7-13/h2-9,16H,10-12H2,1H3. The molecule has 7 heteroatoms. The maximum absolute atomic E-state index is 13.1. The molecule has 1 unspecified atom stereocenters. The minimum absolute atomic E-state index is 0.00765. The third-order valence-electron chi connectivity index (χ3n) is 4.72. The van der Waals surface area contributed by atoms with E-state index in [4.69, 9.17) is 0 Å². The molecule has 1 saturated heterocycles. The van der Waals surface area contributed by atoms with Crippen LogP contribution >= 0.6 is 0 Å². The van der Waals surface area contributed by atoms with Gasteiger partial charge in [0.2, 0.25) is 5.82 Å². The molecule has 1 fully saturated rings. The Balaban J connectivity index is 1.45. The first-order valence-corrected chi connectivity index (χ1v) is 8.49. The van der Waals surface area contributed by atoms with Crippen molar-refractivity contribution >= 4 is 5.91 Å². The molecule has 1 aliphatic heterocycles. The van der Waals surface area contributed by atoms with Gasteiger partial charge in [0.1, 0.15) is 5.82 Å². The second-order valence-corrected chi connectivity index (χ2v) is 6.47. The van der Waals surface area contributed by atoms with E-state index >= 15 is 0 Å². The number of aryl methyl sites for hydroxylation is 1. The topological polar surface area (TPSA) is 63.9 Å². The van der Waals surface area contributed by atoms with Crippen LogP contribution in [-0.2, 0) is 7.05 Å². The summed E-state index contributed by atoms with van der Waals surface area (Å²) in [6.45, 7) is 1.35. The predicted octanol–water partition coefficient (Wildman–Crippen LogP) is 2.65. The largest absolute Gasteiger partial charge is 0.338 e. The highest BCUT2D eigenvalue weighted by Crippen LogP contribution is 2.28. The first-order valence-electron chi connectivity index (χ1n) is 8.49. The highest BCUT2D eigenvalue weighted by molar-refractivity contribution is 5.94. The summed E-state index contributed by atoms with van der Waals surface area (Å²) in [6.07, 6.45) is 0.888. The molecule has 0 spiro atoms. The van der Waals surface area contributed by atoms with E-state index < -0.39 is 0 Å². The van der Waals surface area contributed by atoms with Gasteiger partial charge in [-0.15, -0.1) is 10.2 Å². The van der Waals surface area contributed by atoms with E-state index in [0.29, 0.717) is 24.5 Å². The van der Waals surface area contributed by atoms with Crippen LogP contribution in [0.1, 0.15) is 28.3 Å². The monoisotopic (exact) mass is 351 g/mol. The van der Waals surface area contributed by atoms with Crippen molar-refractivity contribution in [2.75, 3.05) is 13.1 Å². The Morgan fingerprint density at radius 2 is 1.85 bits per heavy atom. The van der Waals surface area contributed by atoms with Crippen molar-refractivity contribution in [3.05, 3.63) is 65.5 Å². The molecule has 2 heterocycles. The van der Waals surface area contributed by atoms with E-state index in [0.717, 1.165) is 17.5 Å². The van der Waals surface area contributed by atoms with Crippen LogP contribution in [0.4, 0.5) is 4.39 Å². The fraction of sp³-hybridized carbons (Fsp3) is 0.263. The summed E-state index contributed by atoms with van der Waals surface area (Å²) in [5.41, 5.74) is 2.53. The molecule has 4 rings (SSSR count). The highest BCUT2D eigenvalue weighted by Gasteiger charge is 2.28. The maximum Gasteiger partial charge on any atom is 0.253 e. The second-order valence-electron chi connectivity index (χ2n) is 6.47. The van der Waals surface area contributed by atoms with E-state index in [1.165, 1.54) is 16.9 Å². The minimum atomic E-state index is -0.239. The molecule has 0 saturated carbocycles. The van der Waals surface area contributed by atoms with Gasteiger partial charge in [-0.2, -0.15) is 4.80 Å². The number of hydrogen-bond acceptors (Lipinski definition) is 4. The number of carbonyl (C=O) groups is 1. The third-order valence-corrected chi connectivity index (χ3v) is 4.72. The number of aromatic nitrogens is 4. The minimum Gasteiger partial charge on any atom is -0.338 e. The lowest BCUT2D eigenvalue weighted by Gasteiger charge is -2.17. The lowest BCUT2D eigenvalue weighted by Crippen LogP contribution is -2.28. The number of hydrogen-bond donors (Lipinski definition) is 0. The van der Waals surface area contributed by atoms with Crippen LogP contribution in [0.15, 0.2) is 48.5 Å². The number of nitrogens with zero attached hydrogens (tertiary/aromatic N) is 5. The number of tetrazole rings is 1. The molecule has 1 aliphatic rings. The molecule has 1 atom stereocenters. The molecule has 6 nitrogen and oxygen atoms in total. The van der Waals surface area contributed by atoms with Gasteiger partial charge in [0, 0.05) is 30.1 Å². The van der Waals surface area contributed by atoms with Crippen LogP contribution in [-0.4, -0.2) is 44.1 Å². The van der Waals surface area contributed by atoms with Crippen molar-refractivity contribution in [2.24, 2.45) is 7.05 Å². The van der Waals surface area contributed by atoms with E-state index in [-0.39, 0.29) is 17.6 Å². The Bertz CT molecular complexity index is 920. The molecule has 3 aromatic rings. The zero-order chi connectivity index (χ0) is 18.1. The van der Waals surface area contributed by atoms with Crippen LogP contribution in [0.5, 0.6) is 0 Å². The van der Waals surface area contributed by atoms with Gasteiger partial charge >= 0.3 is 0 Å². The number of rotatable bonds is 3. The number of halogens is 1. The van der Waals surface area contributed by atoms with Gasteiger partial charge in [0.25, 0.3) is 5.91 Å². The van der Waals surface area contributed by atoms with E-state index in [9.17, 15) is 9.18 Å². The van der Waals surface area contributed by atoms with Crippen LogP contribution in [0, 0.1) is 5.82 Å². The van der Waals surface area contributed by atoms with Crippen LogP contribution in [0.3, 0.4) is 0 Å². The van der Waals surface area contributed by atoms with Crippen LogP contribution in [0.25, 0.3) is 11.4 Å². The summed E-state index contributed by atoms with van der Waals surface area (Å²) in [7, 11) is 1.71. The number of likely N-dealkylation sites (tertiary alicyclic amines) is 1. The van der Waals surface area contributed by atoms with Crippen LogP contribution < -0.4 is 0 Å². The average molecular weight is 351 g/mol. The van der Waals surface area contributed by atoms with Crippen molar-refractivity contribution in [3.8, 4) is 11.4 Å². The fourth-order valence-corrected chi connectivity index (χ4v) is 3.30. The zero-order valence-corrected chi connectivity index (χ0v) is 14.3. The fourth-order valence-electron chi connectivity index (χ4n) is 3.30. The summed E-state index contributed by atoms with van der Waals surface area (Å²) in [6, 6.07) is 13.8. The van der Waals surface area contributed by atoms with E-state index in [2.05, 4.69) is 15.4 Å². The Hall–Kier alpha value is -3.09. The molecule has 1 amide bonds. The molecule has 2 aromatic carbocycles. The molecule has 0 radical (unpaired) electrons. The first-order chi connectivity index (χ1) is 12.6. The molecule has 0 aliphatic carbocycles. The molecule has 26 heavy (non-hydrogen) atoms. The molecular formula is C19H18FN5O. The van der Waals surface area contributed by atoms with Crippen molar-refractivity contribution in [1.29, 1.82) is 0 Å². The lowest BCUT2D eigenvalue weighted by molar-refractivity contribution is 0.0791. The smallest absolute Gasteiger partial charge is 0.253 e. The summed E-state index contributed by atoms with van der Waals surface area (Å²) in [4.78, 5) is 16.0. The van der Waals surface area contributed by atoms with Gasteiger partial charge in [0.15, 0.2) is 0 Å². The van der Waals surface area contributed by atoms with Crippen molar-refractivity contribution in [3.63, 3.8) is 0 Å². The van der Waals surface area contributed by atoms with Crippen molar-refractivity contribution < 1.29 is 9.18 Å².